The average Bonchev–Trinajstić information content (AvgIpc) is 3.03. The minimum Gasteiger partial charge on any atom is -0.478 e. The average molecular weight is 439 g/mol. The molecule has 0 bridgehead atoms. The molecule has 0 amide bonds. The highest BCUT2D eigenvalue weighted by molar-refractivity contribution is 6.31. The van der Waals surface area contributed by atoms with E-state index >= 15 is 0 Å². The normalized spacial score (nSPS) is 11.1. The standard InChI is InChI=1S/C24H20Cl2N2O2/c1-3-22-27-23(26)21(13-16(2)24(29)30)28(22)15-19-12-11-18(14-20(19)25)10-9-17-7-5-4-6-8-17/h4-8,11-14H,3,15H2,1-2H3,(H,29,30). The molecule has 0 spiro atoms. The third-order valence-corrected chi connectivity index (χ3v) is 5.18. The zero-order valence-corrected chi connectivity index (χ0v) is 18.1. The zero-order chi connectivity index (χ0) is 21.7. The van der Waals surface area contributed by atoms with E-state index in [1.54, 1.807) is 0 Å². The van der Waals surface area contributed by atoms with E-state index < -0.39 is 5.97 Å². The van der Waals surface area contributed by atoms with Crippen LogP contribution in [0.3, 0.4) is 0 Å². The Morgan fingerprint density at radius 1 is 1.13 bits per heavy atom. The van der Waals surface area contributed by atoms with Gasteiger partial charge in [-0.3, -0.25) is 0 Å². The Bertz CT molecular complexity index is 1170. The van der Waals surface area contributed by atoms with Gasteiger partial charge >= 0.3 is 5.97 Å². The van der Waals surface area contributed by atoms with Gasteiger partial charge in [-0.25, -0.2) is 9.78 Å². The summed E-state index contributed by atoms with van der Waals surface area (Å²) in [5.41, 5.74) is 3.35. The van der Waals surface area contributed by atoms with Crippen molar-refractivity contribution in [2.45, 2.75) is 26.8 Å². The highest BCUT2D eigenvalue weighted by Gasteiger charge is 2.16. The Kier molecular flexibility index (Phi) is 6.99. The number of imidazole rings is 1. The minimum atomic E-state index is -1.00. The van der Waals surface area contributed by atoms with Gasteiger partial charge in [-0.2, -0.15) is 0 Å². The van der Waals surface area contributed by atoms with Crippen LogP contribution in [0.4, 0.5) is 0 Å². The molecular weight excluding hydrogens is 419 g/mol. The Hall–Kier alpha value is -3.00. The van der Waals surface area contributed by atoms with Gasteiger partial charge < -0.3 is 9.67 Å². The quantitative estimate of drug-likeness (QED) is 0.411. The fourth-order valence-corrected chi connectivity index (χ4v) is 3.42. The molecule has 0 unspecified atom stereocenters. The van der Waals surface area contributed by atoms with E-state index in [0.717, 1.165) is 22.5 Å². The number of carbonyl (C=O) groups is 1. The number of hydrogen-bond donors (Lipinski definition) is 1. The van der Waals surface area contributed by atoms with Crippen molar-refractivity contribution in [3.63, 3.8) is 0 Å². The molecule has 2 aromatic carbocycles. The summed E-state index contributed by atoms with van der Waals surface area (Å²) in [6, 6.07) is 15.4. The van der Waals surface area contributed by atoms with Crippen molar-refractivity contribution < 1.29 is 9.90 Å². The summed E-state index contributed by atoms with van der Waals surface area (Å²) in [5, 5.41) is 10.1. The van der Waals surface area contributed by atoms with Gasteiger partial charge in [0.1, 0.15) is 5.82 Å². The second-order valence-electron chi connectivity index (χ2n) is 6.70. The molecule has 30 heavy (non-hydrogen) atoms. The maximum Gasteiger partial charge on any atom is 0.331 e. The number of aryl methyl sites for hydroxylation is 1. The summed E-state index contributed by atoms with van der Waals surface area (Å²) >= 11 is 12.8. The Balaban J connectivity index is 1.93. The van der Waals surface area contributed by atoms with E-state index in [-0.39, 0.29) is 10.7 Å². The number of aromatic nitrogens is 2. The molecule has 1 N–H and O–H groups in total. The second kappa shape index (κ2) is 9.67. The second-order valence-corrected chi connectivity index (χ2v) is 7.46. The summed E-state index contributed by atoms with van der Waals surface area (Å²) < 4.78 is 1.89. The molecule has 152 valence electrons. The molecule has 3 rings (SSSR count). The third kappa shape index (κ3) is 5.13. The molecule has 1 heterocycles. The Morgan fingerprint density at radius 2 is 1.83 bits per heavy atom. The van der Waals surface area contributed by atoms with Gasteiger partial charge in [-0.1, -0.05) is 66.2 Å². The number of nitrogens with zero attached hydrogens (tertiary/aromatic N) is 2. The fourth-order valence-electron chi connectivity index (χ4n) is 2.92. The van der Waals surface area contributed by atoms with Gasteiger partial charge in [0.15, 0.2) is 5.15 Å². The van der Waals surface area contributed by atoms with Crippen LogP contribution in [0.2, 0.25) is 10.2 Å². The molecule has 0 saturated heterocycles. The van der Waals surface area contributed by atoms with Crippen LogP contribution in [0.25, 0.3) is 6.08 Å². The molecule has 0 atom stereocenters. The zero-order valence-electron chi connectivity index (χ0n) is 16.6. The van der Waals surface area contributed by atoms with Crippen molar-refractivity contribution in [2.24, 2.45) is 0 Å². The van der Waals surface area contributed by atoms with Crippen LogP contribution in [0.1, 0.15) is 42.1 Å². The minimum absolute atomic E-state index is 0.179. The SMILES string of the molecule is CCc1nc(Cl)c(C=C(C)C(=O)O)n1Cc1ccc(C#Cc2ccccc2)cc1Cl. The number of halogens is 2. The van der Waals surface area contributed by atoms with E-state index in [1.807, 2.05) is 60.0 Å². The molecule has 0 aliphatic carbocycles. The lowest BCUT2D eigenvalue weighted by molar-refractivity contribution is -0.132. The van der Waals surface area contributed by atoms with E-state index in [1.165, 1.54) is 13.0 Å². The van der Waals surface area contributed by atoms with Crippen molar-refractivity contribution >= 4 is 35.2 Å². The lowest BCUT2D eigenvalue weighted by Crippen LogP contribution is -2.08. The first kappa shape index (κ1) is 21.7. The topological polar surface area (TPSA) is 55.1 Å². The molecule has 0 radical (unpaired) electrons. The van der Waals surface area contributed by atoms with Gasteiger partial charge in [0, 0.05) is 28.1 Å². The monoisotopic (exact) mass is 438 g/mol. The van der Waals surface area contributed by atoms with Gasteiger partial charge in [0.2, 0.25) is 0 Å². The van der Waals surface area contributed by atoms with Crippen LogP contribution in [-0.2, 0) is 17.8 Å². The summed E-state index contributed by atoms with van der Waals surface area (Å²) in [7, 11) is 0. The number of carboxylic acid groups (broad SMARTS) is 1. The first-order valence-corrected chi connectivity index (χ1v) is 10.2. The summed E-state index contributed by atoms with van der Waals surface area (Å²) in [6.45, 7) is 3.91. The molecule has 0 fully saturated rings. The summed E-state index contributed by atoms with van der Waals surface area (Å²) in [4.78, 5) is 15.6. The van der Waals surface area contributed by atoms with E-state index in [9.17, 15) is 9.90 Å². The molecular formula is C24H20Cl2N2O2. The molecule has 6 heteroatoms. The van der Waals surface area contributed by atoms with Crippen molar-refractivity contribution in [1.82, 2.24) is 9.55 Å². The van der Waals surface area contributed by atoms with Crippen LogP contribution in [-0.4, -0.2) is 20.6 Å². The third-order valence-electron chi connectivity index (χ3n) is 4.55. The fraction of sp³-hybridized carbons (Fsp3) is 0.167. The summed E-state index contributed by atoms with van der Waals surface area (Å²) in [6.07, 6.45) is 2.18. The van der Waals surface area contributed by atoms with Crippen LogP contribution in [0.5, 0.6) is 0 Å². The van der Waals surface area contributed by atoms with Gasteiger partial charge in [-0.15, -0.1) is 0 Å². The van der Waals surface area contributed by atoms with Crippen LogP contribution >= 0.6 is 23.2 Å². The maximum atomic E-state index is 11.2. The van der Waals surface area contributed by atoms with E-state index in [4.69, 9.17) is 23.2 Å². The smallest absolute Gasteiger partial charge is 0.331 e. The lowest BCUT2D eigenvalue weighted by atomic mass is 10.1. The number of benzene rings is 2. The lowest BCUT2D eigenvalue weighted by Gasteiger charge is -2.12. The number of rotatable bonds is 5. The maximum absolute atomic E-state index is 11.2. The summed E-state index contributed by atoms with van der Waals surface area (Å²) in [5.74, 6) is 5.99. The first-order chi connectivity index (χ1) is 14.4. The van der Waals surface area contributed by atoms with Crippen LogP contribution in [0.15, 0.2) is 54.1 Å². The van der Waals surface area contributed by atoms with E-state index in [0.29, 0.717) is 23.7 Å². The highest BCUT2D eigenvalue weighted by Crippen LogP contribution is 2.25. The van der Waals surface area contributed by atoms with Crippen molar-refractivity contribution in [3.05, 3.63) is 92.5 Å². The van der Waals surface area contributed by atoms with Gasteiger partial charge in [0.05, 0.1) is 12.2 Å². The van der Waals surface area contributed by atoms with E-state index in [2.05, 4.69) is 16.8 Å². The predicted molar refractivity (Wildman–Crippen MR) is 121 cm³/mol. The Morgan fingerprint density at radius 3 is 2.47 bits per heavy atom. The molecule has 0 aliphatic heterocycles. The Labute approximate surface area is 185 Å². The molecule has 3 aromatic rings. The number of carboxylic acids is 1. The number of aliphatic carboxylic acids is 1. The molecule has 0 aliphatic rings. The predicted octanol–water partition coefficient (Wildman–Crippen LogP) is 5.69. The van der Waals surface area contributed by atoms with Crippen molar-refractivity contribution in [2.75, 3.05) is 0 Å². The largest absolute Gasteiger partial charge is 0.478 e. The van der Waals surface area contributed by atoms with Gasteiger partial charge in [-0.05, 0) is 42.8 Å². The number of hydrogen-bond acceptors (Lipinski definition) is 2. The van der Waals surface area contributed by atoms with Crippen LogP contribution < -0.4 is 0 Å². The van der Waals surface area contributed by atoms with Crippen LogP contribution in [0, 0.1) is 11.8 Å². The van der Waals surface area contributed by atoms with Gasteiger partial charge in [0.25, 0.3) is 0 Å². The van der Waals surface area contributed by atoms with Crippen molar-refractivity contribution in [3.8, 4) is 11.8 Å². The van der Waals surface area contributed by atoms with Crippen molar-refractivity contribution in [1.29, 1.82) is 0 Å². The highest BCUT2D eigenvalue weighted by atomic mass is 35.5. The molecule has 1 aromatic heterocycles. The molecule has 0 saturated carbocycles. The first-order valence-electron chi connectivity index (χ1n) is 9.41. The molecule has 4 nitrogen and oxygen atoms in total.